The van der Waals surface area contributed by atoms with Gasteiger partial charge in [0.15, 0.2) is 0 Å². The smallest absolute Gasteiger partial charge is 0.410 e. The Morgan fingerprint density at radius 1 is 1.05 bits per heavy atom. The summed E-state index contributed by atoms with van der Waals surface area (Å²) >= 11 is 0. The van der Waals surface area contributed by atoms with E-state index in [1.54, 1.807) is 33.0 Å². The highest BCUT2D eigenvalue weighted by molar-refractivity contribution is 5.69. The number of carbonyl (C=O) groups excluding carboxylic acids is 2. The first-order valence-corrected chi connectivity index (χ1v) is 14.8. The summed E-state index contributed by atoms with van der Waals surface area (Å²) in [5.41, 5.74) is 2.65. The van der Waals surface area contributed by atoms with Crippen molar-refractivity contribution in [2.45, 2.75) is 77.9 Å². The fourth-order valence-electron chi connectivity index (χ4n) is 4.42. The number of aliphatic hydroxyl groups excluding tert-OH is 1. The van der Waals surface area contributed by atoms with Crippen molar-refractivity contribution in [2.75, 3.05) is 13.2 Å². The molecular formula is C35H45N3O6. The van der Waals surface area contributed by atoms with E-state index in [0.29, 0.717) is 18.1 Å². The summed E-state index contributed by atoms with van der Waals surface area (Å²) in [6.45, 7) is 13.5. The number of benzene rings is 2. The van der Waals surface area contributed by atoms with Crippen molar-refractivity contribution >= 4 is 12.2 Å². The molecule has 0 bridgehead atoms. The molecule has 2 amide bonds. The van der Waals surface area contributed by atoms with E-state index < -0.39 is 29.9 Å². The van der Waals surface area contributed by atoms with Crippen molar-refractivity contribution in [3.8, 4) is 5.75 Å². The lowest BCUT2D eigenvalue weighted by molar-refractivity contribution is 0.0326. The average molecular weight is 604 g/mol. The molecule has 0 aliphatic heterocycles. The minimum atomic E-state index is -1.18. The van der Waals surface area contributed by atoms with E-state index in [4.69, 9.17) is 14.2 Å². The molecule has 44 heavy (non-hydrogen) atoms. The lowest BCUT2D eigenvalue weighted by atomic mass is 10.0. The van der Waals surface area contributed by atoms with Gasteiger partial charge in [0.2, 0.25) is 0 Å². The number of nitrogens with zero attached hydrogens (tertiary/aromatic N) is 2. The Hall–Kier alpha value is -4.37. The van der Waals surface area contributed by atoms with Crippen molar-refractivity contribution in [3.05, 3.63) is 108 Å². The van der Waals surface area contributed by atoms with Gasteiger partial charge in [0.25, 0.3) is 0 Å². The molecule has 0 aliphatic carbocycles. The topological polar surface area (TPSA) is 110 Å². The summed E-state index contributed by atoms with van der Waals surface area (Å²) in [7, 11) is 0. The molecule has 0 spiro atoms. The second-order valence-electron chi connectivity index (χ2n) is 11.9. The van der Waals surface area contributed by atoms with Crippen LogP contribution in [-0.4, -0.2) is 58.1 Å². The molecule has 3 rings (SSSR count). The van der Waals surface area contributed by atoms with Crippen LogP contribution in [0.2, 0.25) is 0 Å². The van der Waals surface area contributed by atoms with E-state index in [1.165, 1.54) is 4.90 Å². The van der Waals surface area contributed by atoms with E-state index in [9.17, 15) is 14.7 Å². The molecule has 0 saturated heterocycles. The maximum atomic E-state index is 13.4. The van der Waals surface area contributed by atoms with Crippen molar-refractivity contribution < 1.29 is 28.9 Å². The monoisotopic (exact) mass is 603 g/mol. The van der Waals surface area contributed by atoms with Crippen molar-refractivity contribution in [3.63, 3.8) is 0 Å². The molecule has 1 heterocycles. The minimum Gasteiger partial charge on any atom is -0.490 e. The predicted octanol–water partition coefficient (Wildman–Crippen LogP) is 6.41. The summed E-state index contributed by atoms with van der Waals surface area (Å²) in [4.78, 5) is 32.2. The van der Waals surface area contributed by atoms with Crippen molar-refractivity contribution in [1.82, 2.24) is 15.2 Å². The Kier molecular flexibility index (Phi) is 12.8. The first-order valence-electron chi connectivity index (χ1n) is 14.8. The van der Waals surface area contributed by atoms with Gasteiger partial charge in [-0.05, 0) is 74.1 Å². The summed E-state index contributed by atoms with van der Waals surface area (Å²) in [6.07, 6.45) is 1.15. The van der Waals surface area contributed by atoms with Crippen LogP contribution < -0.4 is 10.1 Å². The Balaban J connectivity index is 1.86. The van der Waals surface area contributed by atoms with Gasteiger partial charge in [0, 0.05) is 6.20 Å². The van der Waals surface area contributed by atoms with E-state index >= 15 is 0 Å². The van der Waals surface area contributed by atoms with Crippen LogP contribution in [0.25, 0.3) is 0 Å². The molecule has 0 aliphatic rings. The van der Waals surface area contributed by atoms with Gasteiger partial charge in [-0.25, -0.2) is 9.59 Å². The molecule has 0 fully saturated rings. The van der Waals surface area contributed by atoms with Gasteiger partial charge in [0.1, 0.15) is 24.6 Å². The van der Waals surface area contributed by atoms with Crippen LogP contribution >= 0.6 is 0 Å². The third-order valence-electron chi connectivity index (χ3n) is 6.62. The second-order valence-corrected chi connectivity index (χ2v) is 11.9. The SMILES string of the molecule is C=CCOc1cccc(C[C@H](NC(=O)OC(C)(C)C)[C@H](O)CN(Cc2cc(C(C)C)ccn2)C(=O)OCc2ccccc2)c1. The fraction of sp³-hybridized carbons (Fsp3) is 0.400. The first-order chi connectivity index (χ1) is 20.9. The van der Waals surface area contributed by atoms with Crippen molar-refractivity contribution in [2.24, 2.45) is 0 Å². The normalized spacial score (nSPS) is 12.6. The minimum absolute atomic E-state index is 0.0722. The van der Waals surface area contributed by atoms with Crippen LogP contribution in [0.3, 0.4) is 0 Å². The Morgan fingerprint density at radius 3 is 2.45 bits per heavy atom. The van der Waals surface area contributed by atoms with E-state index in [1.807, 2.05) is 66.7 Å². The van der Waals surface area contributed by atoms with Crippen LogP contribution in [0, 0.1) is 0 Å². The summed E-state index contributed by atoms with van der Waals surface area (Å²) in [5, 5.41) is 14.4. The number of amides is 2. The fourth-order valence-corrected chi connectivity index (χ4v) is 4.42. The molecule has 9 nitrogen and oxygen atoms in total. The maximum absolute atomic E-state index is 13.4. The molecule has 236 valence electrons. The van der Waals surface area contributed by atoms with Crippen molar-refractivity contribution in [1.29, 1.82) is 0 Å². The second kappa shape index (κ2) is 16.5. The molecule has 0 saturated carbocycles. The number of alkyl carbamates (subject to hydrolysis) is 1. The Labute approximate surface area is 260 Å². The number of carbonyl (C=O) groups is 2. The number of hydrogen-bond acceptors (Lipinski definition) is 7. The molecule has 0 unspecified atom stereocenters. The van der Waals surface area contributed by atoms with Gasteiger partial charge in [-0.3, -0.25) is 9.88 Å². The zero-order chi connectivity index (χ0) is 32.1. The van der Waals surface area contributed by atoms with Gasteiger partial charge < -0.3 is 24.6 Å². The van der Waals surface area contributed by atoms with Gasteiger partial charge in [-0.15, -0.1) is 0 Å². The Bertz CT molecular complexity index is 1360. The molecule has 0 radical (unpaired) electrons. The highest BCUT2D eigenvalue weighted by atomic mass is 16.6. The third kappa shape index (κ3) is 11.7. The van der Waals surface area contributed by atoms with Crippen LogP contribution in [0.5, 0.6) is 5.75 Å². The quantitative estimate of drug-likeness (QED) is 0.205. The van der Waals surface area contributed by atoms with Crippen LogP contribution in [-0.2, 0) is 29.0 Å². The Morgan fingerprint density at radius 2 is 1.77 bits per heavy atom. The molecule has 2 aromatic carbocycles. The highest BCUT2D eigenvalue weighted by Crippen LogP contribution is 2.19. The number of pyridine rings is 1. The van der Waals surface area contributed by atoms with E-state index in [0.717, 1.165) is 16.7 Å². The van der Waals surface area contributed by atoms with E-state index in [-0.39, 0.29) is 32.0 Å². The average Bonchev–Trinajstić information content (AvgIpc) is 2.98. The molecular weight excluding hydrogens is 558 g/mol. The largest absolute Gasteiger partial charge is 0.490 e. The standard InChI is InChI=1S/C35H45N3O6/c1-7-18-42-30-15-11-14-27(19-30)20-31(37-33(40)44-35(4,5)6)32(39)23-38(22-29-21-28(25(2)3)16-17-36-29)34(41)43-24-26-12-9-8-10-13-26/h7-17,19,21,25,31-32,39H,1,18,20,22-24H2,2-6H3,(H,37,40)/t31-,32+/m0/s1. The van der Waals surface area contributed by atoms with Crippen LogP contribution in [0.15, 0.2) is 85.6 Å². The zero-order valence-corrected chi connectivity index (χ0v) is 26.4. The number of ether oxygens (including phenoxy) is 3. The lowest BCUT2D eigenvalue weighted by Crippen LogP contribution is -2.51. The van der Waals surface area contributed by atoms with Gasteiger partial charge in [0.05, 0.1) is 30.9 Å². The summed E-state index contributed by atoms with van der Waals surface area (Å²) < 4.78 is 16.8. The highest BCUT2D eigenvalue weighted by Gasteiger charge is 2.29. The molecule has 3 aromatic rings. The third-order valence-corrected chi connectivity index (χ3v) is 6.62. The number of aromatic nitrogens is 1. The number of hydrogen-bond donors (Lipinski definition) is 2. The van der Waals surface area contributed by atoms with Gasteiger partial charge >= 0.3 is 12.2 Å². The molecule has 2 atom stereocenters. The molecule has 9 heteroatoms. The first kappa shape index (κ1) is 34.1. The van der Waals surface area contributed by atoms with Gasteiger partial charge in [-0.2, -0.15) is 0 Å². The lowest BCUT2D eigenvalue weighted by Gasteiger charge is -2.30. The number of nitrogens with one attached hydrogen (secondary N) is 1. The summed E-state index contributed by atoms with van der Waals surface area (Å²) in [5.74, 6) is 0.907. The van der Waals surface area contributed by atoms with E-state index in [2.05, 4.69) is 30.7 Å². The predicted molar refractivity (Wildman–Crippen MR) is 170 cm³/mol. The summed E-state index contributed by atoms with van der Waals surface area (Å²) in [6, 6.07) is 19.8. The van der Waals surface area contributed by atoms with Gasteiger partial charge in [-0.1, -0.05) is 69.0 Å². The number of aliphatic hydroxyl groups is 1. The zero-order valence-electron chi connectivity index (χ0n) is 26.4. The number of rotatable bonds is 14. The molecule has 1 aromatic heterocycles. The van der Waals surface area contributed by atoms with Crippen LogP contribution in [0.1, 0.15) is 62.9 Å². The van der Waals surface area contributed by atoms with Crippen LogP contribution in [0.4, 0.5) is 9.59 Å². The molecule has 2 N–H and O–H groups in total. The maximum Gasteiger partial charge on any atom is 0.410 e.